The molecule has 0 bridgehead atoms. The molecule has 0 radical (unpaired) electrons. The number of nitrogens with one attached hydrogen (secondary N) is 2. The van der Waals surface area contributed by atoms with Gasteiger partial charge < -0.3 is 15.4 Å². The van der Waals surface area contributed by atoms with Crippen LogP contribution >= 0.6 is 0 Å². The smallest absolute Gasteiger partial charge is 0.229 e. The summed E-state index contributed by atoms with van der Waals surface area (Å²) in [5, 5.41) is 6.55. The summed E-state index contributed by atoms with van der Waals surface area (Å²) < 4.78 is 5.84. The molecule has 3 aromatic rings. The molecule has 0 unspecified atom stereocenters. The minimum absolute atomic E-state index is 0.103. The molecule has 0 fully saturated rings. The van der Waals surface area contributed by atoms with Gasteiger partial charge in [-0.3, -0.25) is 0 Å². The van der Waals surface area contributed by atoms with Gasteiger partial charge >= 0.3 is 0 Å². The molecular weight excluding hydrogens is 312 g/mol. The monoisotopic (exact) mass is 334 g/mol. The molecular formula is C20H22N4O. The molecule has 25 heavy (non-hydrogen) atoms. The highest BCUT2D eigenvalue weighted by atomic mass is 16.5. The van der Waals surface area contributed by atoms with Crippen LogP contribution < -0.4 is 15.4 Å². The van der Waals surface area contributed by atoms with Crippen molar-refractivity contribution in [1.82, 2.24) is 9.97 Å². The Labute approximate surface area is 148 Å². The van der Waals surface area contributed by atoms with E-state index < -0.39 is 0 Å². The van der Waals surface area contributed by atoms with Gasteiger partial charge in [-0.05, 0) is 50.6 Å². The maximum Gasteiger partial charge on any atom is 0.229 e. The SMILES string of the molecule is Cc1ccccc1Nc1nccc(Nc2ccccc2OC(C)C)n1. The number of anilines is 4. The van der Waals surface area contributed by atoms with E-state index in [1.165, 1.54) is 0 Å². The minimum Gasteiger partial charge on any atom is -0.489 e. The van der Waals surface area contributed by atoms with Crippen LogP contribution in [0.25, 0.3) is 0 Å². The quantitative estimate of drug-likeness (QED) is 0.660. The first-order chi connectivity index (χ1) is 12.1. The zero-order chi connectivity index (χ0) is 17.6. The fourth-order valence-corrected chi connectivity index (χ4v) is 2.39. The molecule has 0 spiro atoms. The second-order valence-electron chi connectivity index (χ2n) is 5.99. The predicted molar refractivity (Wildman–Crippen MR) is 102 cm³/mol. The van der Waals surface area contributed by atoms with Crippen molar-refractivity contribution in [1.29, 1.82) is 0 Å². The van der Waals surface area contributed by atoms with E-state index in [0.29, 0.717) is 11.8 Å². The maximum atomic E-state index is 5.84. The second kappa shape index (κ2) is 7.66. The summed E-state index contributed by atoms with van der Waals surface area (Å²) in [5.74, 6) is 2.04. The van der Waals surface area contributed by atoms with E-state index in [-0.39, 0.29) is 6.10 Å². The average Bonchev–Trinajstić information content (AvgIpc) is 2.59. The Morgan fingerprint density at radius 1 is 0.880 bits per heavy atom. The number of para-hydroxylation sites is 3. The van der Waals surface area contributed by atoms with Crippen LogP contribution in [0, 0.1) is 6.92 Å². The highest BCUT2D eigenvalue weighted by Gasteiger charge is 2.07. The summed E-state index contributed by atoms with van der Waals surface area (Å²) in [7, 11) is 0. The van der Waals surface area contributed by atoms with E-state index in [9.17, 15) is 0 Å². The summed E-state index contributed by atoms with van der Waals surface area (Å²) in [4.78, 5) is 8.83. The third-order valence-corrected chi connectivity index (χ3v) is 3.56. The molecule has 3 rings (SSSR count). The van der Waals surface area contributed by atoms with Gasteiger partial charge in [0.2, 0.25) is 5.95 Å². The third-order valence-electron chi connectivity index (χ3n) is 3.56. The molecule has 2 N–H and O–H groups in total. The highest BCUT2D eigenvalue weighted by Crippen LogP contribution is 2.28. The minimum atomic E-state index is 0.103. The lowest BCUT2D eigenvalue weighted by molar-refractivity contribution is 0.244. The Bertz CT molecular complexity index is 848. The number of nitrogens with zero attached hydrogens (tertiary/aromatic N) is 2. The first-order valence-electron chi connectivity index (χ1n) is 8.30. The van der Waals surface area contributed by atoms with Crippen molar-refractivity contribution < 1.29 is 4.74 Å². The lowest BCUT2D eigenvalue weighted by Gasteiger charge is -2.15. The maximum absolute atomic E-state index is 5.84. The van der Waals surface area contributed by atoms with Gasteiger partial charge in [0.15, 0.2) is 0 Å². The largest absolute Gasteiger partial charge is 0.489 e. The third kappa shape index (κ3) is 4.47. The average molecular weight is 334 g/mol. The number of hydrogen-bond donors (Lipinski definition) is 2. The Kier molecular flexibility index (Phi) is 5.14. The fourth-order valence-electron chi connectivity index (χ4n) is 2.39. The van der Waals surface area contributed by atoms with Crippen LogP contribution in [-0.4, -0.2) is 16.1 Å². The van der Waals surface area contributed by atoms with Gasteiger partial charge in [0.25, 0.3) is 0 Å². The first-order valence-corrected chi connectivity index (χ1v) is 8.30. The predicted octanol–water partition coefficient (Wildman–Crippen LogP) is 5.06. The van der Waals surface area contributed by atoms with E-state index in [1.54, 1.807) is 6.20 Å². The molecule has 0 aliphatic heterocycles. The Balaban J connectivity index is 1.80. The molecule has 2 aromatic carbocycles. The van der Waals surface area contributed by atoms with Crippen molar-refractivity contribution in [3.8, 4) is 5.75 Å². The fraction of sp³-hybridized carbons (Fsp3) is 0.200. The summed E-state index contributed by atoms with van der Waals surface area (Å²) in [6.07, 6.45) is 1.83. The van der Waals surface area contributed by atoms with E-state index in [0.717, 1.165) is 22.7 Å². The van der Waals surface area contributed by atoms with Crippen LogP contribution in [-0.2, 0) is 0 Å². The van der Waals surface area contributed by atoms with Crippen LogP contribution in [0.4, 0.5) is 23.1 Å². The highest BCUT2D eigenvalue weighted by molar-refractivity contribution is 5.65. The number of aryl methyl sites for hydroxylation is 1. The Morgan fingerprint density at radius 3 is 2.36 bits per heavy atom. The molecule has 1 aromatic heterocycles. The van der Waals surface area contributed by atoms with Crippen LogP contribution in [0.1, 0.15) is 19.4 Å². The Morgan fingerprint density at radius 2 is 1.60 bits per heavy atom. The van der Waals surface area contributed by atoms with Gasteiger partial charge in [0.1, 0.15) is 11.6 Å². The van der Waals surface area contributed by atoms with Crippen LogP contribution in [0.5, 0.6) is 5.75 Å². The van der Waals surface area contributed by atoms with Crippen molar-refractivity contribution in [3.63, 3.8) is 0 Å². The standard InChI is InChI=1S/C20H22N4O/c1-14(2)25-18-11-7-6-10-17(18)22-19-12-13-21-20(24-19)23-16-9-5-4-8-15(16)3/h4-14H,1-3H3,(H2,21,22,23,24). The van der Waals surface area contributed by atoms with Crippen molar-refractivity contribution >= 4 is 23.1 Å². The van der Waals surface area contributed by atoms with Gasteiger partial charge in [-0.2, -0.15) is 4.98 Å². The van der Waals surface area contributed by atoms with E-state index in [4.69, 9.17) is 4.74 Å². The summed E-state index contributed by atoms with van der Waals surface area (Å²) in [6.45, 7) is 6.06. The van der Waals surface area contributed by atoms with Gasteiger partial charge in [-0.15, -0.1) is 0 Å². The molecule has 0 aliphatic carbocycles. The molecule has 5 heteroatoms. The molecule has 128 valence electrons. The van der Waals surface area contributed by atoms with Crippen molar-refractivity contribution in [3.05, 3.63) is 66.4 Å². The number of hydrogen-bond acceptors (Lipinski definition) is 5. The molecule has 0 aliphatic rings. The molecule has 0 atom stereocenters. The van der Waals surface area contributed by atoms with Gasteiger partial charge in [0, 0.05) is 11.9 Å². The number of aromatic nitrogens is 2. The summed E-state index contributed by atoms with van der Waals surface area (Å²) >= 11 is 0. The molecule has 0 amide bonds. The van der Waals surface area contributed by atoms with Crippen LogP contribution in [0.15, 0.2) is 60.8 Å². The number of rotatable bonds is 6. The lowest BCUT2D eigenvalue weighted by atomic mass is 10.2. The molecule has 0 saturated carbocycles. The zero-order valence-electron chi connectivity index (χ0n) is 14.7. The Hall–Kier alpha value is -3.08. The second-order valence-corrected chi connectivity index (χ2v) is 5.99. The molecule has 5 nitrogen and oxygen atoms in total. The molecule has 0 saturated heterocycles. The molecule has 1 heterocycles. The first kappa shape index (κ1) is 16.8. The summed E-state index contributed by atoms with van der Waals surface area (Å²) in [6, 6.07) is 17.7. The zero-order valence-corrected chi connectivity index (χ0v) is 14.7. The van der Waals surface area contributed by atoms with Crippen molar-refractivity contribution in [2.75, 3.05) is 10.6 Å². The van der Waals surface area contributed by atoms with Gasteiger partial charge in [-0.25, -0.2) is 4.98 Å². The van der Waals surface area contributed by atoms with E-state index >= 15 is 0 Å². The normalized spacial score (nSPS) is 10.6. The van der Waals surface area contributed by atoms with Gasteiger partial charge in [-0.1, -0.05) is 30.3 Å². The number of ether oxygens (including phenoxy) is 1. The van der Waals surface area contributed by atoms with E-state index in [2.05, 4.69) is 20.6 Å². The van der Waals surface area contributed by atoms with Gasteiger partial charge in [0.05, 0.1) is 11.8 Å². The van der Waals surface area contributed by atoms with Crippen molar-refractivity contribution in [2.45, 2.75) is 26.9 Å². The van der Waals surface area contributed by atoms with Crippen molar-refractivity contribution in [2.24, 2.45) is 0 Å². The van der Waals surface area contributed by atoms with Crippen LogP contribution in [0.2, 0.25) is 0 Å². The number of benzene rings is 2. The topological polar surface area (TPSA) is 59.1 Å². The lowest BCUT2D eigenvalue weighted by Crippen LogP contribution is -2.08. The van der Waals surface area contributed by atoms with Crippen LogP contribution in [0.3, 0.4) is 0 Å². The van der Waals surface area contributed by atoms with E-state index in [1.807, 2.05) is 75.4 Å². The summed E-state index contributed by atoms with van der Waals surface area (Å²) in [5.41, 5.74) is 3.00.